The van der Waals surface area contributed by atoms with Crippen LogP contribution in [0.3, 0.4) is 0 Å². The molecule has 0 unspecified atom stereocenters. The fourth-order valence-corrected chi connectivity index (χ4v) is 2.57. The van der Waals surface area contributed by atoms with Crippen molar-refractivity contribution in [1.29, 1.82) is 0 Å². The van der Waals surface area contributed by atoms with E-state index in [1.54, 1.807) is 23.1 Å². The summed E-state index contributed by atoms with van der Waals surface area (Å²) in [6.45, 7) is 0.229. The highest BCUT2D eigenvalue weighted by Gasteiger charge is 2.32. The third-order valence-electron chi connectivity index (χ3n) is 3.13. The van der Waals surface area contributed by atoms with Crippen molar-refractivity contribution in [2.24, 2.45) is 0 Å². The van der Waals surface area contributed by atoms with Gasteiger partial charge in [-0.25, -0.2) is 0 Å². The molecule has 110 valence electrons. The lowest BCUT2D eigenvalue weighted by Crippen LogP contribution is -2.50. The van der Waals surface area contributed by atoms with Crippen LogP contribution in [0, 0.1) is 0 Å². The highest BCUT2D eigenvalue weighted by Crippen LogP contribution is 2.19. The highest BCUT2D eigenvalue weighted by molar-refractivity contribution is 9.10. The minimum atomic E-state index is -4.18. The van der Waals surface area contributed by atoms with Gasteiger partial charge in [-0.3, -0.25) is 9.69 Å². The van der Waals surface area contributed by atoms with E-state index in [4.69, 9.17) is 0 Å². The highest BCUT2D eigenvalue weighted by atomic mass is 79.9. The number of piperazine rings is 1. The zero-order valence-electron chi connectivity index (χ0n) is 10.7. The van der Waals surface area contributed by atoms with Crippen LogP contribution in [-0.4, -0.2) is 54.6 Å². The fourth-order valence-electron chi connectivity index (χ4n) is 2.17. The van der Waals surface area contributed by atoms with Crippen LogP contribution in [0.5, 0.6) is 0 Å². The van der Waals surface area contributed by atoms with Crippen LogP contribution in [0.25, 0.3) is 0 Å². The Hall–Kier alpha value is -1.08. The van der Waals surface area contributed by atoms with Crippen molar-refractivity contribution in [3.63, 3.8) is 0 Å². The SMILES string of the molecule is O=C(c1cccc(Br)c1)N1CCN(CC(F)(F)F)CC1. The maximum Gasteiger partial charge on any atom is 0.401 e. The van der Waals surface area contributed by atoms with Gasteiger partial charge in [0.1, 0.15) is 0 Å². The van der Waals surface area contributed by atoms with Gasteiger partial charge < -0.3 is 4.90 Å². The molecule has 0 aromatic heterocycles. The predicted molar refractivity (Wildman–Crippen MR) is 72.5 cm³/mol. The lowest BCUT2D eigenvalue weighted by molar-refractivity contribution is -0.148. The summed E-state index contributed by atoms with van der Waals surface area (Å²) in [5.41, 5.74) is 0.545. The molecule has 0 saturated carbocycles. The molecule has 0 radical (unpaired) electrons. The third kappa shape index (κ3) is 4.21. The number of hydrogen-bond donors (Lipinski definition) is 0. The quantitative estimate of drug-likeness (QED) is 0.818. The second-order valence-corrected chi connectivity index (χ2v) is 5.61. The number of nitrogens with zero attached hydrogens (tertiary/aromatic N) is 2. The molecule has 0 bridgehead atoms. The van der Waals surface area contributed by atoms with E-state index in [1.165, 1.54) is 4.90 Å². The Morgan fingerprint density at radius 3 is 2.40 bits per heavy atom. The average molecular weight is 351 g/mol. The molecular weight excluding hydrogens is 337 g/mol. The Morgan fingerprint density at radius 1 is 1.20 bits per heavy atom. The van der Waals surface area contributed by atoms with Gasteiger partial charge in [0.25, 0.3) is 5.91 Å². The number of carbonyl (C=O) groups is 1. The van der Waals surface area contributed by atoms with E-state index in [9.17, 15) is 18.0 Å². The Bertz CT molecular complexity index is 485. The van der Waals surface area contributed by atoms with Gasteiger partial charge in [0.05, 0.1) is 6.54 Å². The minimum Gasteiger partial charge on any atom is -0.336 e. The maximum atomic E-state index is 12.3. The van der Waals surface area contributed by atoms with Crippen LogP contribution in [-0.2, 0) is 0 Å². The first-order valence-electron chi connectivity index (χ1n) is 6.19. The molecule has 20 heavy (non-hydrogen) atoms. The van der Waals surface area contributed by atoms with E-state index >= 15 is 0 Å². The molecule has 1 heterocycles. The lowest BCUT2D eigenvalue weighted by atomic mass is 10.2. The van der Waals surface area contributed by atoms with Gasteiger partial charge in [-0.05, 0) is 18.2 Å². The first-order chi connectivity index (χ1) is 9.35. The van der Waals surface area contributed by atoms with E-state index in [0.717, 1.165) is 4.47 Å². The number of amides is 1. The van der Waals surface area contributed by atoms with Crippen molar-refractivity contribution >= 4 is 21.8 Å². The molecule has 0 atom stereocenters. The summed E-state index contributed by atoms with van der Waals surface area (Å²) in [6.07, 6.45) is -4.18. The van der Waals surface area contributed by atoms with Crippen molar-refractivity contribution in [3.05, 3.63) is 34.3 Å². The summed E-state index contributed by atoms with van der Waals surface area (Å²) >= 11 is 3.29. The van der Waals surface area contributed by atoms with Crippen LogP contribution < -0.4 is 0 Å². The smallest absolute Gasteiger partial charge is 0.336 e. The van der Waals surface area contributed by atoms with Crippen LogP contribution in [0.4, 0.5) is 13.2 Å². The number of carbonyl (C=O) groups excluding carboxylic acids is 1. The summed E-state index contributed by atoms with van der Waals surface area (Å²) in [7, 11) is 0. The number of alkyl halides is 3. The summed E-state index contributed by atoms with van der Waals surface area (Å²) in [4.78, 5) is 15.1. The topological polar surface area (TPSA) is 23.6 Å². The predicted octanol–water partition coefficient (Wildman–Crippen LogP) is 2.77. The van der Waals surface area contributed by atoms with Crippen LogP contribution in [0.2, 0.25) is 0 Å². The molecular formula is C13H14BrF3N2O. The largest absolute Gasteiger partial charge is 0.401 e. The molecule has 1 aromatic rings. The van der Waals surface area contributed by atoms with E-state index in [2.05, 4.69) is 15.9 Å². The first kappa shape index (κ1) is 15.3. The van der Waals surface area contributed by atoms with E-state index in [0.29, 0.717) is 18.7 Å². The summed E-state index contributed by atoms with van der Waals surface area (Å²) in [6, 6.07) is 6.99. The molecule has 1 aliphatic rings. The molecule has 1 fully saturated rings. The van der Waals surface area contributed by atoms with E-state index in [-0.39, 0.29) is 19.0 Å². The molecule has 1 aromatic carbocycles. The number of rotatable bonds is 2. The Labute approximate surface area is 123 Å². The van der Waals surface area contributed by atoms with Gasteiger partial charge in [0.15, 0.2) is 0 Å². The molecule has 1 saturated heterocycles. The molecule has 0 N–H and O–H groups in total. The lowest BCUT2D eigenvalue weighted by Gasteiger charge is -2.35. The minimum absolute atomic E-state index is 0.141. The Kier molecular flexibility index (Phi) is 4.70. The molecule has 0 aliphatic carbocycles. The molecule has 1 aliphatic heterocycles. The molecule has 3 nitrogen and oxygen atoms in total. The standard InChI is InChI=1S/C13H14BrF3N2O/c14-11-3-1-2-10(8-11)12(20)19-6-4-18(5-7-19)9-13(15,16)17/h1-3,8H,4-7,9H2. The number of hydrogen-bond acceptors (Lipinski definition) is 2. The van der Waals surface area contributed by atoms with Gasteiger partial charge >= 0.3 is 6.18 Å². The molecule has 7 heteroatoms. The normalized spacial score (nSPS) is 17.3. The van der Waals surface area contributed by atoms with Gasteiger partial charge in [-0.15, -0.1) is 0 Å². The molecule has 1 amide bonds. The average Bonchev–Trinajstić information content (AvgIpc) is 2.37. The second-order valence-electron chi connectivity index (χ2n) is 4.69. The summed E-state index contributed by atoms with van der Waals surface area (Å²) in [5.74, 6) is -0.141. The fraction of sp³-hybridized carbons (Fsp3) is 0.462. The summed E-state index contributed by atoms with van der Waals surface area (Å²) in [5, 5.41) is 0. The summed E-state index contributed by atoms with van der Waals surface area (Å²) < 4.78 is 37.6. The van der Waals surface area contributed by atoms with Crippen molar-refractivity contribution < 1.29 is 18.0 Å². The Morgan fingerprint density at radius 2 is 1.85 bits per heavy atom. The maximum absolute atomic E-state index is 12.3. The Balaban J connectivity index is 1.92. The first-order valence-corrected chi connectivity index (χ1v) is 6.98. The monoisotopic (exact) mass is 350 g/mol. The van der Waals surface area contributed by atoms with Crippen molar-refractivity contribution in [3.8, 4) is 0 Å². The zero-order valence-corrected chi connectivity index (χ0v) is 12.2. The number of benzene rings is 1. The third-order valence-corrected chi connectivity index (χ3v) is 3.63. The number of halogens is 4. The zero-order chi connectivity index (χ0) is 14.8. The van der Waals surface area contributed by atoms with Gasteiger partial charge in [-0.1, -0.05) is 22.0 Å². The van der Waals surface area contributed by atoms with Gasteiger partial charge in [0, 0.05) is 36.2 Å². The van der Waals surface area contributed by atoms with Gasteiger partial charge in [-0.2, -0.15) is 13.2 Å². The second kappa shape index (κ2) is 6.13. The molecule has 2 rings (SSSR count). The molecule has 0 spiro atoms. The van der Waals surface area contributed by atoms with Crippen LogP contribution in [0.15, 0.2) is 28.7 Å². The van der Waals surface area contributed by atoms with Crippen molar-refractivity contribution in [2.45, 2.75) is 6.18 Å². The van der Waals surface area contributed by atoms with Crippen molar-refractivity contribution in [2.75, 3.05) is 32.7 Å². The van der Waals surface area contributed by atoms with Crippen molar-refractivity contribution in [1.82, 2.24) is 9.80 Å². The van der Waals surface area contributed by atoms with E-state index < -0.39 is 12.7 Å². The van der Waals surface area contributed by atoms with Crippen LogP contribution >= 0.6 is 15.9 Å². The van der Waals surface area contributed by atoms with Gasteiger partial charge in [0.2, 0.25) is 0 Å². The van der Waals surface area contributed by atoms with Crippen LogP contribution in [0.1, 0.15) is 10.4 Å². The van der Waals surface area contributed by atoms with E-state index in [1.807, 2.05) is 6.07 Å².